The molecule has 3 rings (SSSR count). The summed E-state index contributed by atoms with van der Waals surface area (Å²) in [5.74, 6) is -0.269. The molecule has 2 saturated heterocycles. The average molecular weight is 194 g/mol. The number of nitrogens with zero attached hydrogens (tertiary/aromatic N) is 1. The Morgan fingerprint density at radius 2 is 2.36 bits per heavy atom. The van der Waals surface area contributed by atoms with Crippen LogP contribution in [0.2, 0.25) is 0 Å². The number of rotatable bonds is 1. The zero-order valence-corrected chi connectivity index (χ0v) is 7.66. The van der Waals surface area contributed by atoms with Crippen LogP contribution in [0.3, 0.4) is 0 Å². The number of benzene rings is 1. The molecule has 74 valence electrons. The Morgan fingerprint density at radius 3 is 2.93 bits per heavy atom. The summed E-state index contributed by atoms with van der Waals surface area (Å²) in [6.45, 7) is 2.38. The topological polar surface area (TPSA) is 38.3 Å². The summed E-state index contributed by atoms with van der Waals surface area (Å²) < 4.78 is 19.2. The third-order valence-corrected chi connectivity index (χ3v) is 2.93. The molecular weight excluding hydrogens is 183 g/mol. The first-order valence-electron chi connectivity index (χ1n) is 4.67. The number of hydrogen-bond acceptors (Lipinski definition) is 3. The number of nitrogen functional groups attached to an aromatic ring is 1. The smallest absolute Gasteiger partial charge is 0.163 e. The van der Waals surface area contributed by atoms with Gasteiger partial charge >= 0.3 is 0 Å². The van der Waals surface area contributed by atoms with Gasteiger partial charge in [-0.2, -0.15) is 0 Å². The summed E-state index contributed by atoms with van der Waals surface area (Å²) in [5, 5.41) is 0. The number of morpholine rings is 1. The van der Waals surface area contributed by atoms with Crippen molar-refractivity contribution in [1.29, 1.82) is 0 Å². The lowest BCUT2D eigenvalue weighted by Gasteiger charge is -2.12. The van der Waals surface area contributed by atoms with Crippen LogP contribution in [0.4, 0.5) is 10.1 Å². The van der Waals surface area contributed by atoms with Crippen molar-refractivity contribution in [2.24, 2.45) is 0 Å². The van der Waals surface area contributed by atoms with Crippen LogP contribution in [0, 0.1) is 5.82 Å². The van der Waals surface area contributed by atoms with E-state index < -0.39 is 5.72 Å². The molecule has 2 heterocycles. The van der Waals surface area contributed by atoms with Gasteiger partial charge in [-0.1, -0.05) is 0 Å². The van der Waals surface area contributed by atoms with E-state index in [1.54, 1.807) is 12.1 Å². The molecule has 2 unspecified atom stereocenters. The number of ether oxygens (including phenoxy) is 1. The standard InChI is InChI=1S/C10H11FN2O/c11-9-5-7(12)1-2-8(9)10-6-13(10)3-4-14-10/h1-2,5H,3-4,6,12H2. The van der Waals surface area contributed by atoms with Gasteiger partial charge in [0.15, 0.2) is 5.72 Å². The fourth-order valence-electron chi connectivity index (χ4n) is 2.13. The summed E-state index contributed by atoms with van der Waals surface area (Å²) in [7, 11) is 0. The highest BCUT2D eigenvalue weighted by atomic mass is 19.1. The minimum absolute atomic E-state index is 0.269. The Morgan fingerprint density at radius 1 is 1.50 bits per heavy atom. The van der Waals surface area contributed by atoms with E-state index in [2.05, 4.69) is 4.90 Å². The Bertz CT molecular complexity index is 396. The van der Waals surface area contributed by atoms with E-state index in [1.165, 1.54) is 6.07 Å². The number of nitrogens with two attached hydrogens (primary N) is 1. The molecule has 4 heteroatoms. The van der Waals surface area contributed by atoms with Gasteiger partial charge in [0.1, 0.15) is 5.82 Å². The fraction of sp³-hybridized carbons (Fsp3) is 0.400. The number of hydrogen-bond donors (Lipinski definition) is 1. The fourth-order valence-corrected chi connectivity index (χ4v) is 2.13. The summed E-state index contributed by atoms with van der Waals surface area (Å²) in [6.07, 6.45) is 0. The molecule has 2 atom stereocenters. The monoisotopic (exact) mass is 194 g/mol. The van der Waals surface area contributed by atoms with Gasteiger partial charge < -0.3 is 10.5 Å². The van der Waals surface area contributed by atoms with Gasteiger partial charge in [0.05, 0.1) is 6.61 Å². The van der Waals surface area contributed by atoms with Gasteiger partial charge in [-0.15, -0.1) is 0 Å². The summed E-state index contributed by atoms with van der Waals surface area (Å²) >= 11 is 0. The van der Waals surface area contributed by atoms with Gasteiger partial charge in [-0.3, -0.25) is 4.90 Å². The van der Waals surface area contributed by atoms with Crippen molar-refractivity contribution in [3.05, 3.63) is 29.6 Å². The van der Waals surface area contributed by atoms with Crippen LogP contribution in [0.25, 0.3) is 0 Å². The minimum atomic E-state index is -0.461. The molecule has 1 aromatic rings. The number of fused-ring (bicyclic) bond motifs is 1. The highest BCUT2D eigenvalue weighted by Gasteiger charge is 2.59. The molecule has 0 saturated carbocycles. The molecule has 2 N–H and O–H groups in total. The molecule has 3 nitrogen and oxygen atoms in total. The second-order valence-electron chi connectivity index (χ2n) is 3.79. The van der Waals surface area contributed by atoms with Gasteiger partial charge in [0, 0.05) is 24.3 Å². The highest BCUT2D eigenvalue weighted by molar-refractivity contribution is 5.43. The molecule has 2 fully saturated rings. The average Bonchev–Trinajstić information content (AvgIpc) is 2.69. The Kier molecular flexibility index (Phi) is 1.44. The molecule has 0 aliphatic carbocycles. The van der Waals surface area contributed by atoms with E-state index in [0.29, 0.717) is 17.9 Å². The van der Waals surface area contributed by atoms with E-state index in [0.717, 1.165) is 13.1 Å². The molecule has 0 amide bonds. The summed E-state index contributed by atoms with van der Waals surface area (Å²) in [6, 6.07) is 4.78. The molecule has 0 radical (unpaired) electrons. The van der Waals surface area contributed by atoms with Crippen LogP contribution in [0.5, 0.6) is 0 Å². The number of halogens is 1. The lowest BCUT2D eigenvalue weighted by Crippen LogP contribution is -2.14. The van der Waals surface area contributed by atoms with Crippen molar-refractivity contribution in [3.63, 3.8) is 0 Å². The summed E-state index contributed by atoms with van der Waals surface area (Å²) in [5.41, 5.74) is 6.09. The molecule has 14 heavy (non-hydrogen) atoms. The first kappa shape index (κ1) is 8.20. The zero-order chi connectivity index (χ0) is 9.76. The minimum Gasteiger partial charge on any atom is -0.399 e. The van der Waals surface area contributed by atoms with Gasteiger partial charge in [-0.25, -0.2) is 4.39 Å². The summed E-state index contributed by atoms with van der Waals surface area (Å²) in [4.78, 5) is 2.11. The number of anilines is 1. The van der Waals surface area contributed by atoms with E-state index in [9.17, 15) is 4.39 Å². The first-order valence-corrected chi connectivity index (χ1v) is 4.67. The van der Waals surface area contributed by atoms with E-state index >= 15 is 0 Å². The molecule has 1 aromatic carbocycles. The van der Waals surface area contributed by atoms with Crippen molar-refractivity contribution >= 4 is 5.69 Å². The maximum Gasteiger partial charge on any atom is 0.163 e. The predicted molar refractivity (Wildman–Crippen MR) is 50.0 cm³/mol. The van der Waals surface area contributed by atoms with Crippen molar-refractivity contribution in [3.8, 4) is 0 Å². The van der Waals surface area contributed by atoms with E-state index in [-0.39, 0.29) is 5.82 Å². The SMILES string of the molecule is Nc1ccc(C23CN2CCO3)c(F)c1. The third kappa shape index (κ3) is 0.923. The van der Waals surface area contributed by atoms with E-state index in [1.807, 2.05) is 0 Å². The molecule has 2 aliphatic heterocycles. The quantitative estimate of drug-likeness (QED) is 0.533. The Labute approximate surface area is 81.3 Å². The van der Waals surface area contributed by atoms with Crippen molar-refractivity contribution < 1.29 is 9.13 Å². The van der Waals surface area contributed by atoms with Gasteiger partial charge in [-0.05, 0) is 18.2 Å². The highest BCUT2D eigenvalue weighted by Crippen LogP contribution is 2.48. The van der Waals surface area contributed by atoms with Gasteiger partial charge in [0.2, 0.25) is 0 Å². The first-order chi connectivity index (χ1) is 6.72. The molecule has 0 aromatic heterocycles. The van der Waals surface area contributed by atoms with Crippen LogP contribution >= 0.6 is 0 Å². The van der Waals surface area contributed by atoms with Crippen LogP contribution in [0.1, 0.15) is 5.56 Å². The second-order valence-corrected chi connectivity index (χ2v) is 3.79. The lowest BCUT2D eigenvalue weighted by molar-refractivity contribution is 0.0559. The molecule has 0 spiro atoms. The normalized spacial score (nSPS) is 34.2. The molecular formula is C10H11FN2O. The van der Waals surface area contributed by atoms with Crippen LogP contribution in [0.15, 0.2) is 18.2 Å². The largest absolute Gasteiger partial charge is 0.399 e. The van der Waals surface area contributed by atoms with Crippen LogP contribution in [-0.2, 0) is 10.5 Å². The Hall–Kier alpha value is -1.13. The maximum absolute atomic E-state index is 13.6. The van der Waals surface area contributed by atoms with E-state index in [4.69, 9.17) is 10.5 Å². The van der Waals surface area contributed by atoms with Crippen LogP contribution < -0.4 is 5.73 Å². The third-order valence-electron chi connectivity index (χ3n) is 2.93. The van der Waals surface area contributed by atoms with Crippen molar-refractivity contribution in [2.45, 2.75) is 5.72 Å². The zero-order valence-electron chi connectivity index (χ0n) is 7.66. The second kappa shape index (κ2) is 2.46. The van der Waals surface area contributed by atoms with Gasteiger partial charge in [0.25, 0.3) is 0 Å². The Balaban J connectivity index is 2.05. The van der Waals surface area contributed by atoms with Crippen LogP contribution in [-0.4, -0.2) is 24.6 Å². The lowest BCUT2D eigenvalue weighted by atomic mass is 10.1. The molecule has 2 aliphatic rings. The van der Waals surface area contributed by atoms with Crippen molar-refractivity contribution in [1.82, 2.24) is 4.90 Å². The van der Waals surface area contributed by atoms with Crippen molar-refractivity contribution in [2.75, 3.05) is 25.4 Å². The molecule has 0 bridgehead atoms. The maximum atomic E-state index is 13.6. The predicted octanol–water partition coefficient (Wildman–Crippen LogP) is 0.907.